The van der Waals surface area contributed by atoms with Gasteiger partial charge in [0.2, 0.25) is 60.1 Å². The lowest BCUT2D eigenvalue weighted by atomic mass is 9.99. The van der Waals surface area contributed by atoms with Crippen LogP contribution >= 0.6 is 69.6 Å². The summed E-state index contributed by atoms with van der Waals surface area (Å²) in [6.07, 6.45) is -24.7. The summed E-state index contributed by atoms with van der Waals surface area (Å²) in [5.74, 6) is -11.2. The number of allylic oxidation sites excluding steroid dienone is 6. The van der Waals surface area contributed by atoms with Crippen LogP contribution in [0.3, 0.4) is 0 Å². The van der Waals surface area contributed by atoms with Gasteiger partial charge in [0.1, 0.15) is 66.3 Å². The third kappa shape index (κ3) is 33.8. The molecule has 0 radical (unpaired) electrons. The first kappa shape index (κ1) is 83.1. The van der Waals surface area contributed by atoms with Gasteiger partial charge in [0.05, 0.1) is 146 Å². The number of halogens is 12. The van der Waals surface area contributed by atoms with Gasteiger partial charge >= 0.3 is 35.8 Å². The van der Waals surface area contributed by atoms with Crippen molar-refractivity contribution in [1.82, 2.24) is 0 Å². The zero-order valence-electron chi connectivity index (χ0n) is 96.7. The number of hydrogen-bond acceptors (Lipinski definition) is 24. The molecule has 0 aromatic heterocycles. The van der Waals surface area contributed by atoms with Crippen molar-refractivity contribution in [3.05, 3.63) is 244 Å². The first-order chi connectivity index (χ1) is 74.0. The quantitative estimate of drug-likeness (QED) is 0.0139. The summed E-state index contributed by atoms with van der Waals surface area (Å²) in [5.41, 5.74) is -5.57. The van der Waals surface area contributed by atoms with E-state index in [0.717, 1.165) is 115 Å². The molecule has 6 aromatic rings. The van der Waals surface area contributed by atoms with Crippen molar-refractivity contribution in [2.24, 2.45) is 0 Å². The molecule has 6 aliphatic rings. The summed E-state index contributed by atoms with van der Waals surface area (Å²) in [7, 11) is -28.2. The highest BCUT2D eigenvalue weighted by Gasteiger charge is 2.42. The van der Waals surface area contributed by atoms with E-state index in [-0.39, 0.29) is 135 Å². The smallest absolute Gasteiger partial charge is 0.335 e. The van der Waals surface area contributed by atoms with Crippen molar-refractivity contribution in [3.63, 3.8) is 0 Å². The molecule has 138 heavy (non-hydrogen) atoms. The Kier molecular flexibility index (Phi) is 32.4. The van der Waals surface area contributed by atoms with Crippen LogP contribution in [0.25, 0.3) is 0 Å². The van der Waals surface area contributed by atoms with E-state index in [0.29, 0.717) is 0 Å². The predicted octanol–water partition coefficient (Wildman–Crippen LogP) is 19.6. The zero-order chi connectivity index (χ0) is 124. The maximum Gasteiger partial charge on any atom is 0.335 e. The number of carbonyl (C=O) groups is 6. The van der Waals surface area contributed by atoms with Gasteiger partial charge in [-0.05, 0) is 266 Å². The second-order valence-electron chi connectivity index (χ2n) is 27.3. The SMILES string of the molecule is [2H]C1([2H])C=C(C(=O)OCC)[C@H](S(=O)(=O)Nc2ccc(F)cc2Cl)C([2H])([2H])C1.[2H]C1([2H])CCC=C(C(=O)OCC)[C@@H]1S(=O)(=O)Nc1ccc(F)cc1Cl.[2H]C1([2H])CCC=C(C(=O)OCC)[C@]1([2H])S(=O)(=O)Nc1ccc(F)cc1Cl.[2H]C1=C(C(=O)OCC)[C@H](S(=O)(=O)Nc2ccc(F)cc2Cl)CC([2H])([2H])C1([2H])[2H].[2H]C1=C(C(=O)OCC)[C@]([2H])(S(=O)(=O)Nc2ccc(F)cc2Cl)CC([2H])([2H])C1.[2H]C1=C(C(=O)OCC)[C@]([2H])(S(=O)(=O)Nc2ccc(F)cc2Cl)CC([2H])([2H])C1([2H])[2H]. The van der Waals surface area contributed by atoms with E-state index in [1.807, 2.05) is 14.2 Å². The van der Waals surface area contributed by atoms with Crippen molar-refractivity contribution >= 4 is 200 Å². The Balaban J connectivity index is 0.000000261. The molecular formula is C90H102Cl6F6N6O24S6. The number of rotatable bonds is 30. The minimum atomic E-state index is -5.01. The van der Waals surface area contributed by atoms with Gasteiger partial charge in [0, 0.05) is 24.7 Å². The van der Waals surface area contributed by atoms with Crippen molar-refractivity contribution in [1.29, 1.82) is 0 Å². The molecule has 6 aromatic carbocycles. The standard InChI is InChI=1S/6C15H17ClFNO4S/c6*1-2-22-15(19)11-5-3-4-6-14(11)23(20,21)18-13-8-7-10(17)9-12(13)16/h6*5,7-9,14,18H,2-4,6H2,1H3/t6*14-/m111111/s1/i3D2,4D2,5D,14D;4D2,5D,14D;3D2,4D2,5D;6D2,14D;3D2,6D2;6D2. The molecule has 0 unspecified atom stereocenters. The van der Waals surface area contributed by atoms with Gasteiger partial charge in [0.25, 0.3) is 0 Å². The second-order valence-corrected chi connectivity index (χ2v) is 40.2. The second kappa shape index (κ2) is 53.9. The highest BCUT2D eigenvalue weighted by atomic mass is 35.5. The number of sulfonamides is 6. The van der Waals surface area contributed by atoms with E-state index in [9.17, 15) is 106 Å². The molecule has 0 spiro atoms. The summed E-state index contributed by atoms with van der Waals surface area (Å²) in [6, 6.07) is 14.1. The molecule has 0 heterocycles. The van der Waals surface area contributed by atoms with Gasteiger partial charge in [-0.1, -0.05) is 106 Å². The zero-order valence-corrected chi connectivity index (χ0v) is 82.2. The Bertz CT molecular complexity index is 7670. The van der Waals surface area contributed by atoms with Gasteiger partial charge in [0.15, 0.2) is 0 Å². The molecule has 12 rings (SSSR count). The van der Waals surface area contributed by atoms with Crippen LogP contribution in [0.15, 0.2) is 179 Å². The lowest BCUT2D eigenvalue weighted by molar-refractivity contribution is -0.139. The maximum absolute atomic E-state index is 13.2. The normalized spacial score (nSPS) is 25.9. The third-order valence-corrected chi connectivity index (χ3v) is 28.7. The van der Waals surface area contributed by atoms with Gasteiger partial charge in [-0.2, -0.15) is 0 Å². The van der Waals surface area contributed by atoms with Gasteiger partial charge in [-0.3, -0.25) is 28.3 Å². The van der Waals surface area contributed by atoms with Crippen molar-refractivity contribution in [3.8, 4) is 0 Å². The molecule has 0 amide bonds. The molecule has 0 bridgehead atoms. The predicted molar refractivity (Wildman–Crippen MR) is 518 cm³/mol. The Morgan fingerprint density at radius 1 is 0.312 bits per heavy atom. The van der Waals surface area contributed by atoms with Crippen LogP contribution in [0.2, 0.25) is 30.1 Å². The van der Waals surface area contributed by atoms with E-state index in [2.05, 4.69) is 14.2 Å². The van der Waals surface area contributed by atoms with Crippen LogP contribution in [0, 0.1) is 34.9 Å². The molecule has 6 N–H and O–H groups in total. The minimum absolute atomic E-state index is 0.0309. The van der Waals surface area contributed by atoms with Gasteiger partial charge in [-0.15, -0.1) is 0 Å². The van der Waals surface area contributed by atoms with E-state index >= 15 is 0 Å². The number of hydrogen-bond donors (Lipinski definition) is 6. The topological polar surface area (TPSA) is 435 Å². The highest BCUT2D eigenvalue weighted by Crippen LogP contribution is 2.39. The van der Waals surface area contributed by atoms with Crippen molar-refractivity contribution in [2.75, 3.05) is 68.0 Å². The molecular weight excluding hydrogens is 2070 g/mol. The highest BCUT2D eigenvalue weighted by molar-refractivity contribution is 7.95. The molecule has 0 aliphatic heterocycles. The van der Waals surface area contributed by atoms with E-state index in [1.165, 1.54) is 46.8 Å². The molecule has 756 valence electrons. The summed E-state index contributed by atoms with van der Waals surface area (Å²) in [5, 5.41) is -16.3. The Morgan fingerprint density at radius 3 is 0.920 bits per heavy atom. The number of nitrogens with one attached hydrogen (secondary N) is 6. The fourth-order valence-corrected chi connectivity index (χ4v) is 21.4. The fourth-order valence-electron chi connectivity index (χ4n) is 11.6. The average molecular weight is 2200 g/mol. The first-order valence-electron chi connectivity index (χ1n) is 52.1. The average Bonchev–Trinajstić information content (AvgIpc) is 0.702. The number of anilines is 6. The van der Waals surface area contributed by atoms with E-state index in [1.54, 1.807) is 6.92 Å². The van der Waals surface area contributed by atoms with E-state index in [4.69, 9.17) is 131 Å². The molecule has 0 saturated carbocycles. The largest absolute Gasteiger partial charge is 0.463 e. The number of carbonyl (C=O) groups excluding carboxylic acids is 6. The Morgan fingerprint density at radius 2 is 0.572 bits per heavy atom. The van der Waals surface area contributed by atoms with Crippen LogP contribution < -0.4 is 28.3 Å². The van der Waals surface area contributed by atoms with Crippen molar-refractivity contribution < 1.29 is 167 Å². The first-order valence-corrected chi connectivity index (χ1v) is 51.5. The number of ether oxygens (including phenoxy) is 6. The molecule has 48 heteroatoms. The van der Waals surface area contributed by atoms with Crippen LogP contribution in [0.5, 0.6) is 0 Å². The summed E-state index contributed by atoms with van der Waals surface area (Å²) < 4.78 is 466. The fraction of sp³-hybridized carbons (Fsp3) is 0.400. The third-order valence-electron chi connectivity index (χ3n) is 17.7. The van der Waals surface area contributed by atoms with Crippen LogP contribution in [-0.4, -0.2) is 157 Å². The number of benzene rings is 6. The molecule has 0 saturated heterocycles. The van der Waals surface area contributed by atoms with Gasteiger partial charge in [-0.25, -0.2) is 106 Å². The van der Waals surface area contributed by atoms with Crippen molar-refractivity contribution in [2.45, 2.75) is 188 Å². The van der Waals surface area contributed by atoms with Gasteiger partial charge < -0.3 is 28.4 Å². The minimum Gasteiger partial charge on any atom is -0.463 e. The lowest BCUT2D eigenvalue weighted by Crippen LogP contribution is -2.34. The molecule has 6 atom stereocenters. The Labute approximate surface area is 861 Å². The lowest BCUT2D eigenvalue weighted by Gasteiger charge is -2.24. The monoisotopic (exact) mass is 2190 g/mol. The van der Waals surface area contributed by atoms with Crippen LogP contribution in [0.1, 0.15) is 190 Å². The van der Waals surface area contributed by atoms with Crippen LogP contribution in [0.4, 0.5) is 60.5 Å². The molecule has 30 nitrogen and oxygen atoms in total. The summed E-state index contributed by atoms with van der Waals surface area (Å²) in [6.45, 7) is 8.19. The Hall–Kier alpha value is -9.60. The van der Waals surface area contributed by atoms with Crippen LogP contribution in [-0.2, 0) is 117 Å². The summed E-state index contributed by atoms with van der Waals surface area (Å²) >= 11 is 34.9. The molecule has 6 aliphatic carbocycles. The number of esters is 6. The summed E-state index contributed by atoms with van der Waals surface area (Å²) in [4.78, 5) is 73.3. The van der Waals surface area contributed by atoms with E-state index < -0.39 is 298 Å². The maximum atomic E-state index is 13.2. The molecule has 0 fully saturated rings.